The molecule has 2 heterocycles. The topological polar surface area (TPSA) is 117 Å². The van der Waals surface area contributed by atoms with Crippen molar-refractivity contribution in [2.75, 3.05) is 0 Å². The molecule has 0 aliphatic rings. The number of aliphatic hydroxyl groups is 1. The molecule has 0 unspecified atom stereocenters. The minimum absolute atomic E-state index is 0.0507. The molecule has 4 aromatic rings. The molecule has 4 rings (SSSR count). The Morgan fingerprint density at radius 3 is 2.41 bits per heavy atom. The smallest absolute Gasteiger partial charge is 0.416 e. The number of carbonyl (C=O) groups is 1. The third-order valence-electron chi connectivity index (χ3n) is 5.48. The fourth-order valence-corrected chi connectivity index (χ4v) is 4.04. The first-order chi connectivity index (χ1) is 18.3. The van der Waals surface area contributed by atoms with Crippen LogP contribution < -0.4 is 5.69 Å². The summed E-state index contributed by atoms with van der Waals surface area (Å²) >= 11 is 12.0. The SMILES string of the molecule is CC(=O)O[C@H](C)c1nc(Cn2nc(-c3ccc(Cl)cc3)n(C[C@H](O)C(F)(F)F)c2=O)nn1-c1cccc(Cl)c1. The number of esters is 1. The van der Waals surface area contributed by atoms with Gasteiger partial charge < -0.3 is 9.84 Å². The standard InChI is InChI=1S/C24H21Cl2F3N6O4/c1-13(39-14(2)36)21-30-20(31-35(21)18-5-3-4-17(26)10-18)12-34-23(38)33(11-19(37)24(27,28)29)22(32-34)15-6-8-16(25)9-7-15/h3-10,13,19,37H,11-12H2,1-2H3/t13-,19+/m1/s1. The molecule has 39 heavy (non-hydrogen) atoms. The molecule has 0 saturated heterocycles. The van der Waals surface area contributed by atoms with Crippen LogP contribution in [0.4, 0.5) is 13.2 Å². The molecule has 10 nitrogen and oxygen atoms in total. The Morgan fingerprint density at radius 2 is 1.79 bits per heavy atom. The summed E-state index contributed by atoms with van der Waals surface area (Å²) < 4.78 is 47.6. The van der Waals surface area contributed by atoms with Crippen molar-refractivity contribution in [3.8, 4) is 17.1 Å². The van der Waals surface area contributed by atoms with E-state index >= 15 is 0 Å². The molecular weight excluding hydrogens is 564 g/mol. The highest BCUT2D eigenvalue weighted by Gasteiger charge is 2.39. The summed E-state index contributed by atoms with van der Waals surface area (Å²) in [5.74, 6) is -0.423. The number of hydrogen-bond donors (Lipinski definition) is 1. The van der Waals surface area contributed by atoms with Gasteiger partial charge in [-0.3, -0.25) is 9.36 Å². The van der Waals surface area contributed by atoms with E-state index in [1.54, 1.807) is 31.2 Å². The molecule has 15 heteroatoms. The summed E-state index contributed by atoms with van der Waals surface area (Å²) in [7, 11) is 0. The number of hydrogen-bond acceptors (Lipinski definition) is 7. The zero-order chi connectivity index (χ0) is 28.5. The highest BCUT2D eigenvalue weighted by atomic mass is 35.5. The number of nitrogens with zero attached hydrogens (tertiary/aromatic N) is 6. The first-order valence-corrected chi connectivity index (χ1v) is 12.2. The summed E-state index contributed by atoms with van der Waals surface area (Å²) in [5, 5.41) is 19.1. The van der Waals surface area contributed by atoms with Crippen molar-refractivity contribution in [2.45, 2.75) is 45.3 Å². The summed E-state index contributed by atoms with van der Waals surface area (Å²) in [6, 6.07) is 12.6. The number of halogens is 5. The minimum Gasteiger partial charge on any atom is -0.455 e. The molecule has 2 atom stereocenters. The van der Waals surface area contributed by atoms with Gasteiger partial charge in [0.2, 0.25) is 0 Å². The maximum Gasteiger partial charge on any atom is 0.416 e. The first kappa shape index (κ1) is 28.3. The van der Waals surface area contributed by atoms with E-state index in [1.807, 2.05) is 0 Å². The Morgan fingerprint density at radius 1 is 1.10 bits per heavy atom. The molecular formula is C24H21Cl2F3N6O4. The fourth-order valence-electron chi connectivity index (χ4n) is 3.73. The van der Waals surface area contributed by atoms with Crippen LogP contribution in [-0.2, 0) is 22.6 Å². The normalized spacial score (nSPS) is 13.3. The Kier molecular flexibility index (Phi) is 8.14. The van der Waals surface area contributed by atoms with Crippen LogP contribution in [0, 0.1) is 0 Å². The van der Waals surface area contributed by atoms with Gasteiger partial charge in [0, 0.05) is 22.5 Å². The predicted octanol–water partition coefficient (Wildman–Crippen LogP) is 4.19. The molecule has 0 fully saturated rings. The zero-order valence-corrected chi connectivity index (χ0v) is 21.9. The van der Waals surface area contributed by atoms with E-state index in [9.17, 15) is 27.9 Å². The van der Waals surface area contributed by atoms with E-state index in [0.717, 1.165) is 9.25 Å². The number of rotatable bonds is 8. The lowest BCUT2D eigenvalue weighted by atomic mass is 10.2. The molecule has 1 N–H and O–H groups in total. The van der Waals surface area contributed by atoms with E-state index in [4.69, 9.17) is 27.9 Å². The van der Waals surface area contributed by atoms with E-state index in [-0.39, 0.29) is 24.0 Å². The van der Waals surface area contributed by atoms with E-state index in [0.29, 0.717) is 21.3 Å². The fraction of sp³-hybridized carbons (Fsp3) is 0.292. The number of aliphatic hydroxyl groups excluding tert-OH is 1. The Labute approximate surface area is 229 Å². The van der Waals surface area contributed by atoms with Gasteiger partial charge in [-0.1, -0.05) is 29.3 Å². The zero-order valence-electron chi connectivity index (χ0n) is 20.4. The third kappa shape index (κ3) is 6.49. The van der Waals surface area contributed by atoms with Crippen molar-refractivity contribution >= 4 is 29.2 Å². The van der Waals surface area contributed by atoms with Crippen LogP contribution in [0.15, 0.2) is 53.3 Å². The Hall–Kier alpha value is -3.68. The number of benzene rings is 2. The molecule has 206 valence electrons. The maximum atomic E-state index is 13.2. The average Bonchev–Trinajstić information content (AvgIpc) is 3.41. The van der Waals surface area contributed by atoms with Crippen LogP contribution in [0.1, 0.15) is 31.6 Å². The van der Waals surface area contributed by atoms with Crippen molar-refractivity contribution in [2.24, 2.45) is 0 Å². The summed E-state index contributed by atoms with van der Waals surface area (Å²) in [6.45, 7) is 1.38. The van der Waals surface area contributed by atoms with Crippen molar-refractivity contribution < 1.29 is 27.8 Å². The second-order valence-electron chi connectivity index (χ2n) is 8.47. The largest absolute Gasteiger partial charge is 0.455 e. The van der Waals surface area contributed by atoms with Crippen molar-refractivity contribution in [3.05, 3.63) is 80.7 Å². The van der Waals surface area contributed by atoms with E-state index < -0.39 is 36.6 Å². The molecule has 2 aromatic carbocycles. The summed E-state index contributed by atoms with van der Waals surface area (Å²) in [6.07, 6.45) is -8.61. The second-order valence-corrected chi connectivity index (χ2v) is 9.34. The van der Waals surface area contributed by atoms with Gasteiger partial charge in [-0.2, -0.15) is 13.2 Å². The van der Waals surface area contributed by atoms with Gasteiger partial charge in [-0.25, -0.2) is 19.1 Å². The van der Waals surface area contributed by atoms with Crippen molar-refractivity contribution in [1.82, 2.24) is 29.1 Å². The summed E-state index contributed by atoms with van der Waals surface area (Å²) in [5.41, 5.74) is -0.147. The quantitative estimate of drug-likeness (QED) is 0.308. The van der Waals surface area contributed by atoms with E-state index in [2.05, 4.69) is 15.2 Å². The molecule has 0 saturated carbocycles. The van der Waals surface area contributed by atoms with Crippen molar-refractivity contribution in [1.29, 1.82) is 0 Å². The van der Waals surface area contributed by atoms with Crippen LogP contribution in [0.25, 0.3) is 17.1 Å². The van der Waals surface area contributed by atoms with Gasteiger partial charge in [0.15, 0.2) is 29.7 Å². The van der Waals surface area contributed by atoms with E-state index in [1.165, 1.54) is 35.9 Å². The second kappa shape index (κ2) is 11.2. The number of aromatic nitrogens is 6. The first-order valence-electron chi connectivity index (χ1n) is 11.4. The maximum absolute atomic E-state index is 13.2. The Bertz CT molecular complexity index is 1550. The molecule has 0 amide bonds. The van der Waals surface area contributed by atoms with Gasteiger partial charge in [-0.15, -0.1) is 10.2 Å². The average molecular weight is 585 g/mol. The van der Waals surface area contributed by atoms with Gasteiger partial charge in [0.1, 0.15) is 6.54 Å². The third-order valence-corrected chi connectivity index (χ3v) is 5.97. The molecule has 0 aliphatic carbocycles. The molecule has 0 aliphatic heterocycles. The lowest BCUT2D eigenvalue weighted by molar-refractivity contribution is -0.207. The molecule has 2 aromatic heterocycles. The number of alkyl halides is 3. The predicted molar refractivity (Wildman–Crippen MR) is 135 cm³/mol. The monoisotopic (exact) mass is 584 g/mol. The molecule has 0 radical (unpaired) electrons. The highest BCUT2D eigenvalue weighted by Crippen LogP contribution is 2.25. The molecule has 0 bridgehead atoms. The Balaban J connectivity index is 1.78. The highest BCUT2D eigenvalue weighted by molar-refractivity contribution is 6.31. The van der Waals surface area contributed by atoms with Gasteiger partial charge in [0.05, 0.1) is 12.2 Å². The van der Waals surface area contributed by atoms with Crippen LogP contribution in [0.3, 0.4) is 0 Å². The molecule has 0 spiro atoms. The van der Waals surface area contributed by atoms with Crippen molar-refractivity contribution in [3.63, 3.8) is 0 Å². The van der Waals surface area contributed by atoms with Crippen LogP contribution in [0.5, 0.6) is 0 Å². The van der Waals surface area contributed by atoms with Gasteiger partial charge >= 0.3 is 17.8 Å². The number of ether oxygens (including phenoxy) is 1. The summed E-state index contributed by atoms with van der Waals surface area (Å²) in [4.78, 5) is 29.2. The van der Waals surface area contributed by atoms with Crippen LogP contribution in [-0.4, -0.2) is 52.5 Å². The van der Waals surface area contributed by atoms with Crippen LogP contribution >= 0.6 is 23.2 Å². The number of carbonyl (C=O) groups excluding carboxylic acids is 1. The van der Waals surface area contributed by atoms with Gasteiger partial charge in [0.25, 0.3) is 0 Å². The minimum atomic E-state index is -4.96. The lowest BCUT2D eigenvalue weighted by Gasteiger charge is -2.15. The van der Waals surface area contributed by atoms with Crippen LogP contribution in [0.2, 0.25) is 10.0 Å². The lowest BCUT2D eigenvalue weighted by Crippen LogP contribution is -2.37. The van der Waals surface area contributed by atoms with Gasteiger partial charge in [-0.05, 0) is 49.4 Å².